The molecular formula is C9H15NO4. The van der Waals surface area contributed by atoms with Gasteiger partial charge >= 0.3 is 0 Å². The van der Waals surface area contributed by atoms with Crippen LogP contribution in [0.5, 0.6) is 0 Å². The number of aliphatic hydroxyl groups excluding tert-OH is 2. The largest absolute Gasteiger partial charge is 0.369 e. The second-order valence-corrected chi connectivity index (χ2v) is 4.16. The van der Waals surface area contributed by atoms with Crippen molar-refractivity contribution < 1.29 is 19.7 Å². The average Bonchev–Trinajstić information content (AvgIpc) is 2.42. The van der Waals surface area contributed by atoms with Crippen LogP contribution in [0.4, 0.5) is 0 Å². The molecule has 1 aliphatic carbocycles. The summed E-state index contributed by atoms with van der Waals surface area (Å²) in [6.07, 6.45) is 0.0687. The first-order valence-corrected chi connectivity index (χ1v) is 4.90. The van der Waals surface area contributed by atoms with E-state index in [1.54, 1.807) is 0 Å². The maximum Gasteiger partial charge on any atom is 0.220 e. The molecule has 1 amide bonds. The Kier molecular flexibility index (Phi) is 2.47. The summed E-state index contributed by atoms with van der Waals surface area (Å²) in [5.74, 6) is -0.686. The van der Waals surface area contributed by atoms with E-state index in [1.165, 1.54) is 0 Å². The van der Waals surface area contributed by atoms with Crippen molar-refractivity contribution in [2.75, 3.05) is 0 Å². The van der Waals surface area contributed by atoms with Crippen LogP contribution < -0.4 is 5.73 Å². The summed E-state index contributed by atoms with van der Waals surface area (Å²) in [6, 6.07) is 0. The van der Waals surface area contributed by atoms with Crippen LogP contribution in [0.25, 0.3) is 0 Å². The second kappa shape index (κ2) is 3.49. The molecule has 0 aromatic heterocycles. The number of fused-ring (bicyclic) bond motifs is 1. The van der Waals surface area contributed by atoms with Gasteiger partial charge in [0.25, 0.3) is 0 Å². The molecule has 1 saturated carbocycles. The molecular weight excluding hydrogens is 186 g/mol. The number of hydrogen-bond donors (Lipinski definition) is 3. The van der Waals surface area contributed by atoms with Gasteiger partial charge < -0.3 is 20.7 Å². The number of ether oxygens (including phenoxy) is 1. The van der Waals surface area contributed by atoms with Crippen molar-refractivity contribution in [3.05, 3.63) is 0 Å². The lowest BCUT2D eigenvalue weighted by atomic mass is 9.74. The van der Waals surface area contributed by atoms with E-state index in [0.29, 0.717) is 19.3 Å². The van der Waals surface area contributed by atoms with Crippen molar-refractivity contribution in [2.45, 2.75) is 31.8 Å². The summed E-state index contributed by atoms with van der Waals surface area (Å²) < 4.78 is 4.90. The molecule has 0 aromatic carbocycles. The topological polar surface area (TPSA) is 92.8 Å². The number of amides is 1. The Bertz CT molecular complexity index is 245. The summed E-state index contributed by atoms with van der Waals surface area (Å²) in [5.41, 5.74) is 5.21. The molecule has 1 heterocycles. The van der Waals surface area contributed by atoms with E-state index in [-0.39, 0.29) is 23.7 Å². The summed E-state index contributed by atoms with van der Waals surface area (Å²) in [7, 11) is 0. The number of carbonyl (C=O) groups excluding carboxylic acids is 1. The van der Waals surface area contributed by atoms with Gasteiger partial charge in [0.2, 0.25) is 5.91 Å². The molecule has 1 saturated heterocycles. The minimum Gasteiger partial charge on any atom is -0.369 e. The minimum atomic E-state index is -0.947. The number of rotatable bonds is 1. The first-order valence-electron chi connectivity index (χ1n) is 4.90. The molecule has 0 bridgehead atoms. The predicted octanol–water partition coefficient (Wildman–Crippen LogP) is -0.829. The summed E-state index contributed by atoms with van der Waals surface area (Å²) in [5, 5.41) is 18.9. The molecule has 0 aromatic rings. The Morgan fingerprint density at radius 1 is 1.21 bits per heavy atom. The van der Waals surface area contributed by atoms with E-state index in [1.807, 2.05) is 0 Å². The molecule has 5 heteroatoms. The van der Waals surface area contributed by atoms with Gasteiger partial charge in [0.15, 0.2) is 12.6 Å². The summed E-state index contributed by atoms with van der Waals surface area (Å²) >= 11 is 0. The van der Waals surface area contributed by atoms with Gasteiger partial charge in [0.1, 0.15) is 0 Å². The van der Waals surface area contributed by atoms with Crippen LogP contribution in [0.15, 0.2) is 0 Å². The van der Waals surface area contributed by atoms with Gasteiger partial charge in [-0.25, -0.2) is 0 Å². The van der Waals surface area contributed by atoms with E-state index in [9.17, 15) is 15.0 Å². The van der Waals surface area contributed by atoms with E-state index in [2.05, 4.69) is 0 Å². The quantitative estimate of drug-likeness (QED) is 0.516. The summed E-state index contributed by atoms with van der Waals surface area (Å²) in [4.78, 5) is 11.0. The number of carbonyl (C=O) groups is 1. The first-order chi connectivity index (χ1) is 6.59. The van der Waals surface area contributed by atoms with Crippen molar-refractivity contribution in [1.82, 2.24) is 0 Å². The minimum absolute atomic E-state index is 0.0411. The van der Waals surface area contributed by atoms with Crippen LogP contribution in [0, 0.1) is 17.8 Å². The number of hydrogen-bond acceptors (Lipinski definition) is 4. The lowest BCUT2D eigenvalue weighted by molar-refractivity contribution is -0.173. The molecule has 1 aliphatic heterocycles. The Hall–Kier alpha value is -0.650. The molecule has 5 atom stereocenters. The zero-order valence-electron chi connectivity index (χ0n) is 7.80. The van der Waals surface area contributed by atoms with Crippen LogP contribution in [-0.2, 0) is 9.53 Å². The van der Waals surface area contributed by atoms with Gasteiger partial charge in [-0.05, 0) is 19.3 Å². The van der Waals surface area contributed by atoms with E-state index in [4.69, 9.17) is 10.5 Å². The van der Waals surface area contributed by atoms with Gasteiger partial charge in [0.05, 0.1) is 0 Å². The van der Waals surface area contributed by atoms with Crippen LogP contribution >= 0.6 is 0 Å². The van der Waals surface area contributed by atoms with Crippen LogP contribution in [0.1, 0.15) is 19.3 Å². The van der Waals surface area contributed by atoms with E-state index >= 15 is 0 Å². The zero-order valence-corrected chi connectivity index (χ0v) is 7.80. The maximum atomic E-state index is 11.0. The molecule has 0 spiro atoms. The number of nitrogens with two attached hydrogens (primary N) is 1. The molecule has 80 valence electrons. The Morgan fingerprint density at radius 3 is 2.50 bits per heavy atom. The lowest BCUT2D eigenvalue weighted by Crippen LogP contribution is -2.35. The third-order valence-corrected chi connectivity index (χ3v) is 3.37. The number of aliphatic hydroxyl groups is 2. The summed E-state index contributed by atoms with van der Waals surface area (Å²) in [6.45, 7) is 0. The Labute approximate surface area is 81.9 Å². The van der Waals surface area contributed by atoms with Crippen molar-refractivity contribution in [3.8, 4) is 0 Å². The van der Waals surface area contributed by atoms with Crippen molar-refractivity contribution in [2.24, 2.45) is 23.5 Å². The van der Waals surface area contributed by atoms with Gasteiger partial charge in [-0.15, -0.1) is 0 Å². The molecule has 14 heavy (non-hydrogen) atoms. The average molecular weight is 201 g/mol. The maximum absolute atomic E-state index is 11.0. The third-order valence-electron chi connectivity index (χ3n) is 3.37. The molecule has 2 rings (SSSR count). The fraction of sp³-hybridized carbons (Fsp3) is 0.889. The van der Waals surface area contributed by atoms with Gasteiger partial charge in [-0.2, -0.15) is 0 Å². The van der Waals surface area contributed by atoms with Crippen molar-refractivity contribution in [1.29, 1.82) is 0 Å². The molecule has 2 aliphatic rings. The fourth-order valence-corrected chi connectivity index (χ4v) is 2.51. The van der Waals surface area contributed by atoms with Crippen LogP contribution in [0.2, 0.25) is 0 Å². The SMILES string of the molecule is NC(=O)C1CCC2C(O)OC(O)C2C1. The van der Waals surface area contributed by atoms with Gasteiger partial charge in [0, 0.05) is 17.8 Å². The van der Waals surface area contributed by atoms with Gasteiger partial charge in [-0.1, -0.05) is 0 Å². The first kappa shape index (κ1) is 9.89. The molecule has 5 nitrogen and oxygen atoms in total. The smallest absolute Gasteiger partial charge is 0.220 e. The highest BCUT2D eigenvalue weighted by atomic mass is 16.7. The van der Waals surface area contributed by atoms with Gasteiger partial charge in [-0.3, -0.25) is 4.79 Å². The highest BCUT2D eigenvalue weighted by molar-refractivity contribution is 5.76. The third kappa shape index (κ3) is 1.51. The predicted molar refractivity (Wildman–Crippen MR) is 46.6 cm³/mol. The van der Waals surface area contributed by atoms with Crippen molar-refractivity contribution >= 4 is 5.91 Å². The monoisotopic (exact) mass is 201 g/mol. The normalized spacial score (nSPS) is 47.4. The second-order valence-electron chi connectivity index (χ2n) is 4.16. The van der Waals surface area contributed by atoms with E-state index < -0.39 is 12.6 Å². The van der Waals surface area contributed by atoms with Crippen molar-refractivity contribution in [3.63, 3.8) is 0 Å². The van der Waals surface area contributed by atoms with E-state index in [0.717, 1.165) is 0 Å². The molecule has 5 unspecified atom stereocenters. The van der Waals surface area contributed by atoms with Crippen LogP contribution in [-0.4, -0.2) is 28.7 Å². The van der Waals surface area contributed by atoms with Crippen LogP contribution in [0.3, 0.4) is 0 Å². The Morgan fingerprint density at radius 2 is 1.86 bits per heavy atom. The standard InChI is InChI=1S/C9H15NO4/c10-7(11)4-1-2-5-6(3-4)9(13)14-8(5)12/h4-6,8-9,12-13H,1-3H2,(H2,10,11). The Balaban J connectivity index is 2.05. The molecule has 2 fully saturated rings. The zero-order chi connectivity index (χ0) is 10.3. The highest BCUT2D eigenvalue weighted by Gasteiger charge is 2.47. The fourth-order valence-electron chi connectivity index (χ4n) is 2.51. The molecule has 4 N–H and O–H groups in total. The highest BCUT2D eigenvalue weighted by Crippen LogP contribution is 2.43. The lowest BCUT2D eigenvalue weighted by Gasteiger charge is -2.30. The number of primary amides is 1. The molecule has 0 radical (unpaired) electrons.